The van der Waals surface area contributed by atoms with Crippen LogP contribution in [0.1, 0.15) is 5.56 Å². The Hall–Kier alpha value is -3.06. The first-order valence-electron chi connectivity index (χ1n) is 8.58. The molecular weight excluding hydrogens is 360 g/mol. The number of benzene rings is 1. The molecule has 0 aliphatic carbocycles. The molecule has 0 fully saturated rings. The number of amides is 2. The van der Waals surface area contributed by atoms with Crippen LogP contribution < -0.4 is 10.2 Å². The molecule has 2 aromatic heterocycles. The van der Waals surface area contributed by atoms with Crippen molar-refractivity contribution in [1.29, 1.82) is 0 Å². The fourth-order valence-electron chi connectivity index (χ4n) is 3.00. The van der Waals surface area contributed by atoms with Gasteiger partial charge in [0.15, 0.2) is 0 Å². The second-order valence-electron chi connectivity index (χ2n) is 6.11. The smallest absolute Gasteiger partial charge is 0.240 e. The number of fused-ring (bicyclic) bond motifs is 3. The highest BCUT2D eigenvalue weighted by Crippen LogP contribution is 2.32. The summed E-state index contributed by atoms with van der Waals surface area (Å²) in [5.41, 5.74) is 2.53. The maximum absolute atomic E-state index is 12.8. The predicted octanol–water partition coefficient (Wildman–Crippen LogP) is 2.63. The summed E-state index contributed by atoms with van der Waals surface area (Å²) in [5.74, 6) is -0.00874. The fourth-order valence-corrected chi connectivity index (χ4v) is 3.90. The van der Waals surface area contributed by atoms with E-state index in [2.05, 4.69) is 10.3 Å². The average Bonchev–Trinajstić information content (AvgIpc) is 3.17. The van der Waals surface area contributed by atoms with E-state index >= 15 is 0 Å². The number of thioether (sulfide) groups is 1. The van der Waals surface area contributed by atoms with Crippen molar-refractivity contribution in [2.45, 2.75) is 11.6 Å². The van der Waals surface area contributed by atoms with Gasteiger partial charge in [-0.1, -0.05) is 30.0 Å². The Labute approximate surface area is 161 Å². The highest BCUT2D eigenvalue weighted by atomic mass is 32.2. The Bertz CT molecular complexity index is 971. The van der Waals surface area contributed by atoms with Crippen LogP contribution in [0.4, 0.5) is 5.69 Å². The second-order valence-corrected chi connectivity index (χ2v) is 7.11. The lowest BCUT2D eigenvalue weighted by atomic mass is 10.2. The molecule has 0 unspecified atom stereocenters. The number of nitrogens with zero attached hydrogens (tertiary/aromatic N) is 3. The number of hydrogen-bond acceptors (Lipinski definition) is 4. The Balaban J connectivity index is 1.57. The first-order valence-corrected chi connectivity index (χ1v) is 9.56. The van der Waals surface area contributed by atoms with Gasteiger partial charge in [-0.25, -0.2) is 0 Å². The monoisotopic (exact) mass is 378 g/mol. The SMILES string of the molecule is O=C(CN1C(=O)CSc2cccn2-c2ccccc21)NCc1cccnc1. The molecule has 0 radical (unpaired) electrons. The highest BCUT2D eigenvalue weighted by molar-refractivity contribution is 7.99. The molecule has 0 saturated heterocycles. The molecule has 7 heteroatoms. The van der Waals surface area contributed by atoms with Crippen molar-refractivity contribution in [3.63, 3.8) is 0 Å². The molecule has 27 heavy (non-hydrogen) atoms. The third kappa shape index (κ3) is 3.73. The van der Waals surface area contributed by atoms with Gasteiger partial charge in [-0.15, -0.1) is 0 Å². The summed E-state index contributed by atoms with van der Waals surface area (Å²) in [6.07, 6.45) is 5.37. The van der Waals surface area contributed by atoms with E-state index in [1.165, 1.54) is 11.8 Å². The first kappa shape index (κ1) is 17.4. The zero-order valence-corrected chi connectivity index (χ0v) is 15.4. The van der Waals surface area contributed by atoms with Gasteiger partial charge in [0.1, 0.15) is 6.54 Å². The predicted molar refractivity (Wildman–Crippen MR) is 105 cm³/mol. The van der Waals surface area contributed by atoms with E-state index in [9.17, 15) is 9.59 Å². The molecule has 4 rings (SSSR count). The zero-order chi connectivity index (χ0) is 18.6. The largest absolute Gasteiger partial charge is 0.350 e. The van der Waals surface area contributed by atoms with Gasteiger partial charge >= 0.3 is 0 Å². The van der Waals surface area contributed by atoms with Gasteiger partial charge in [-0.05, 0) is 35.9 Å². The van der Waals surface area contributed by atoms with Crippen molar-refractivity contribution in [2.75, 3.05) is 17.2 Å². The van der Waals surface area contributed by atoms with Crippen molar-refractivity contribution >= 4 is 29.3 Å². The number of hydrogen-bond donors (Lipinski definition) is 1. The van der Waals surface area contributed by atoms with Crippen LogP contribution in [0.2, 0.25) is 0 Å². The van der Waals surface area contributed by atoms with Gasteiger partial charge in [0.05, 0.1) is 22.2 Å². The topological polar surface area (TPSA) is 67.2 Å². The molecule has 0 spiro atoms. The summed E-state index contributed by atoms with van der Waals surface area (Å²) in [4.78, 5) is 30.9. The van der Waals surface area contributed by atoms with E-state index in [1.807, 2.05) is 59.3 Å². The van der Waals surface area contributed by atoms with E-state index in [4.69, 9.17) is 0 Å². The summed E-state index contributed by atoms with van der Waals surface area (Å²) in [5, 5.41) is 3.87. The second kappa shape index (κ2) is 7.67. The zero-order valence-electron chi connectivity index (χ0n) is 14.5. The number of para-hydroxylation sites is 2. The van der Waals surface area contributed by atoms with Crippen LogP contribution >= 0.6 is 11.8 Å². The summed E-state index contributed by atoms with van der Waals surface area (Å²) in [7, 11) is 0. The van der Waals surface area contributed by atoms with Crippen LogP contribution in [-0.4, -0.2) is 33.7 Å². The van der Waals surface area contributed by atoms with E-state index in [0.717, 1.165) is 22.0 Å². The maximum atomic E-state index is 12.8. The quantitative estimate of drug-likeness (QED) is 0.758. The van der Waals surface area contributed by atoms with Gasteiger partial charge in [0.25, 0.3) is 0 Å². The molecule has 0 saturated carbocycles. The Morgan fingerprint density at radius 2 is 1.96 bits per heavy atom. The minimum atomic E-state index is -0.208. The molecular formula is C20H18N4O2S. The summed E-state index contributed by atoms with van der Waals surface area (Å²) < 4.78 is 2.05. The van der Waals surface area contributed by atoms with E-state index in [-0.39, 0.29) is 24.1 Å². The molecule has 3 heterocycles. The molecule has 2 amide bonds. The van der Waals surface area contributed by atoms with Crippen molar-refractivity contribution in [3.05, 3.63) is 72.7 Å². The van der Waals surface area contributed by atoms with Gasteiger partial charge < -0.3 is 14.8 Å². The number of aromatic nitrogens is 2. The Morgan fingerprint density at radius 1 is 1.11 bits per heavy atom. The molecule has 1 aliphatic rings. The normalized spacial score (nSPS) is 13.3. The van der Waals surface area contributed by atoms with Crippen molar-refractivity contribution in [3.8, 4) is 5.69 Å². The van der Waals surface area contributed by atoms with Crippen molar-refractivity contribution in [2.24, 2.45) is 0 Å². The van der Waals surface area contributed by atoms with Gasteiger partial charge in [0.2, 0.25) is 11.8 Å². The number of carbonyl (C=O) groups is 2. The Kier molecular flexibility index (Phi) is 4.93. The van der Waals surface area contributed by atoms with E-state index in [0.29, 0.717) is 6.54 Å². The minimum Gasteiger partial charge on any atom is -0.350 e. The average molecular weight is 378 g/mol. The number of pyridine rings is 1. The van der Waals surface area contributed by atoms with Crippen molar-refractivity contribution < 1.29 is 9.59 Å². The van der Waals surface area contributed by atoms with Gasteiger partial charge in [-0.3, -0.25) is 14.6 Å². The molecule has 136 valence electrons. The molecule has 0 atom stereocenters. The summed E-state index contributed by atoms with van der Waals surface area (Å²) >= 11 is 1.47. The lowest BCUT2D eigenvalue weighted by Crippen LogP contribution is -2.42. The number of anilines is 1. The number of rotatable bonds is 4. The molecule has 1 aromatic carbocycles. The van der Waals surface area contributed by atoms with Crippen LogP contribution in [-0.2, 0) is 16.1 Å². The molecule has 0 bridgehead atoms. The lowest BCUT2D eigenvalue weighted by molar-refractivity contribution is -0.123. The third-order valence-corrected chi connectivity index (χ3v) is 5.32. The maximum Gasteiger partial charge on any atom is 0.240 e. The molecule has 1 N–H and O–H groups in total. The first-order chi connectivity index (χ1) is 13.2. The van der Waals surface area contributed by atoms with Crippen LogP contribution in [0.25, 0.3) is 5.69 Å². The van der Waals surface area contributed by atoms with Gasteiger partial charge in [0, 0.05) is 25.1 Å². The number of nitrogens with one attached hydrogen (secondary N) is 1. The Morgan fingerprint density at radius 3 is 2.78 bits per heavy atom. The lowest BCUT2D eigenvalue weighted by Gasteiger charge is -2.27. The van der Waals surface area contributed by atoms with Crippen LogP contribution in [0.15, 0.2) is 72.1 Å². The highest BCUT2D eigenvalue weighted by Gasteiger charge is 2.25. The van der Waals surface area contributed by atoms with E-state index < -0.39 is 0 Å². The fraction of sp³-hybridized carbons (Fsp3) is 0.150. The number of carbonyl (C=O) groups excluding carboxylic acids is 2. The standard InChI is InChI=1S/C20H18N4O2S/c25-18(22-12-15-5-3-9-21-11-15)13-24-17-7-2-1-6-16(17)23-10-4-8-20(23)27-14-19(24)26/h1-11H,12-14H2,(H,22,25). The third-order valence-electron chi connectivity index (χ3n) is 4.30. The van der Waals surface area contributed by atoms with Crippen LogP contribution in [0, 0.1) is 0 Å². The van der Waals surface area contributed by atoms with Crippen molar-refractivity contribution in [1.82, 2.24) is 14.9 Å². The van der Waals surface area contributed by atoms with E-state index in [1.54, 1.807) is 17.3 Å². The van der Waals surface area contributed by atoms with Crippen LogP contribution in [0.3, 0.4) is 0 Å². The molecule has 3 aromatic rings. The minimum absolute atomic E-state index is 0.0206. The summed E-state index contributed by atoms with van der Waals surface area (Å²) in [6, 6.07) is 15.3. The molecule has 6 nitrogen and oxygen atoms in total. The molecule has 1 aliphatic heterocycles. The van der Waals surface area contributed by atoms with Gasteiger partial charge in [-0.2, -0.15) is 0 Å². The van der Waals surface area contributed by atoms with Crippen LogP contribution in [0.5, 0.6) is 0 Å². The summed E-state index contributed by atoms with van der Waals surface area (Å²) in [6.45, 7) is 0.361.